The number of hydrogen-bond acceptors (Lipinski definition) is 3. The van der Waals surface area contributed by atoms with E-state index in [1.807, 2.05) is 31.2 Å². The number of carbonyl (C=O) groups excluding carboxylic acids is 1. The van der Waals surface area contributed by atoms with E-state index in [2.05, 4.69) is 48.9 Å². The lowest BCUT2D eigenvalue weighted by molar-refractivity contribution is -0.118. The molecule has 0 saturated carbocycles. The fraction of sp³-hybridized carbons (Fsp3) is 0.368. The van der Waals surface area contributed by atoms with Gasteiger partial charge in [-0.1, -0.05) is 17.7 Å². The van der Waals surface area contributed by atoms with Crippen LogP contribution >= 0.6 is 11.8 Å². The zero-order valence-corrected chi connectivity index (χ0v) is 15.8. The molecule has 0 atom stereocenters. The van der Waals surface area contributed by atoms with E-state index in [0.29, 0.717) is 11.8 Å². The zero-order valence-electron chi connectivity index (χ0n) is 15.0. The SMILES string of the molecule is Cc1ccc(SCC(=O)N/N=C\c2cc(C)n(C(C)C)c2C)cc1. The fourth-order valence-electron chi connectivity index (χ4n) is 2.72. The molecule has 128 valence electrons. The minimum atomic E-state index is -0.102. The molecule has 0 unspecified atom stereocenters. The lowest BCUT2D eigenvalue weighted by Gasteiger charge is -2.13. The molecule has 0 spiro atoms. The molecule has 1 aromatic carbocycles. The summed E-state index contributed by atoms with van der Waals surface area (Å²) < 4.78 is 2.26. The van der Waals surface area contributed by atoms with E-state index in [9.17, 15) is 4.79 Å². The van der Waals surface area contributed by atoms with Crippen LogP contribution in [-0.2, 0) is 4.79 Å². The second-order valence-corrected chi connectivity index (χ2v) is 7.23. The number of hydrogen-bond donors (Lipinski definition) is 1. The maximum absolute atomic E-state index is 11.9. The zero-order chi connectivity index (χ0) is 17.7. The van der Waals surface area contributed by atoms with Gasteiger partial charge >= 0.3 is 0 Å². The van der Waals surface area contributed by atoms with Crippen LogP contribution in [0.5, 0.6) is 0 Å². The van der Waals surface area contributed by atoms with Gasteiger partial charge in [-0.05, 0) is 52.8 Å². The first-order chi connectivity index (χ1) is 11.4. The van der Waals surface area contributed by atoms with Gasteiger partial charge in [-0.2, -0.15) is 5.10 Å². The minimum absolute atomic E-state index is 0.102. The van der Waals surface area contributed by atoms with E-state index < -0.39 is 0 Å². The van der Waals surface area contributed by atoms with Crippen LogP contribution in [-0.4, -0.2) is 22.4 Å². The van der Waals surface area contributed by atoms with Gasteiger partial charge in [-0.25, -0.2) is 5.43 Å². The Morgan fingerprint density at radius 1 is 1.25 bits per heavy atom. The van der Waals surface area contributed by atoms with Crippen molar-refractivity contribution in [2.24, 2.45) is 5.10 Å². The van der Waals surface area contributed by atoms with Crippen molar-refractivity contribution in [2.75, 3.05) is 5.75 Å². The topological polar surface area (TPSA) is 46.4 Å². The molecule has 1 amide bonds. The van der Waals surface area contributed by atoms with Crippen molar-refractivity contribution >= 4 is 23.9 Å². The Morgan fingerprint density at radius 3 is 2.50 bits per heavy atom. The van der Waals surface area contributed by atoms with Crippen LogP contribution in [0, 0.1) is 20.8 Å². The minimum Gasteiger partial charge on any atom is -0.346 e. The number of aromatic nitrogens is 1. The molecule has 0 aliphatic heterocycles. The largest absolute Gasteiger partial charge is 0.346 e. The molecule has 2 rings (SSSR count). The van der Waals surface area contributed by atoms with Crippen molar-refractivity contribution in [1.82, 2.24) is 9.99 Å². The summed E-state index contributed by atoms with van der Waals surface area (Å²) in [5.74, 6) is 0.250. The Balaban J connectivity index is 1.88. The predicted octanol–water partition coefficient (Wildman–Crippen LogP) is 4.24. The van der Waals surface area contributed by atoms with Crippen molar-refractivity contribution in [2.45, 2.75) is 45.6 Å². The normalized spacial score (nSPS) is 11.4. The Hall–Kier alpha value is -2.01. The average molecular weight is 343 g/mol. The van der Waals surface area contributed by atoms with Gasteiger partial charge in [0, 0.05) is 27.9 Å². The first-order valence-corrected chi connectivity index (χ1v) is 9.07. The molecule has 0 fully saturated rings. The monoisotopic (exact) mass is 343 g/mol. The predicted molar refractivity (Wildman–Crippen MR) is 102 cm³/mol. The molecule has 1 N–H and O–H groups in total. The van der Waals surface area contributed by atoms with Gasteiger partial charge in [-0.3, -0.25) is 4.79 Å². The summed E-state index contributed by atoms with van der Waals surface area (Å²) in [4.78, 5) is 13.0. The molecular formula is C19H25N3OS. The highest BCUT2D eigenvalue weighted by Crippen LogP contribution is 2.19. The van der Waals surface area contributed by atoms with E-state index in [-0.39, 0.29) is 5.91 Å². The maximum Gasteiger partial charge on any atom is 0.250 e. The van der Waals surface area contributed by atoms with Crippen molar-refractivity contribution in [1.29, 1.82) is 0 Å². The van der Waals surface area contributed by atoms with Gasteiger partial charge in [0.2, 0.25) is 5.91 Å². The first-order valence-electron chi connectivity index (χ1n) is 8.08. The number of thioether (sulfide) groups is 1. The third-order valence-electron chi connectivity index (χ3n) is 3.82. The molecule has 1 heterocycles. The van der Waals surface area contributed by atoms with Gasteiger partial charge in [0.15, 0.2) is 0 Å². The lowest BCUT2D eigenvalue weighted by atomic mass is 10.2. The average Bonchev–Trinajstić information content (AvgIpc) is 2.81. The molecular weight excluding hydrogens is 318 g/mol. The Bertz CT molecular complexity index is 730. The van der Waals surface area contributed by atoms with Crippen LogP contribution in [0.15, 0.2) is 40.3 Å². The van der Waals surface area contributed by atoms with Crippen LogP contribution in [0.25, 0.3) is 0 Å². The number of amides is 1. The second kappa shape index (κ2) is 8.20. The molecule has 0 saturated heterocycles. The molecule has 24 heavy (non-hydrogen) atoms. The summed E-state index contributed by atoms with van der Waals surface area (Å²) >= 11 is 1.51. The van der Waals surface area contributed by atoms with Gasteiger partial charge in [0.05, 0.1) is 12.0 Å². The summed E-state index contributed by atoms with van der Waals surface area (Å²) in [7, 11) is 0. The van der Waals surface area contributed by atoms with Crippen LogP contribution in [0.3, 0.4) is 0 Å². The Kier molecular flexibility index (Phi) is 6.26. The molecule has 0 radical (unpaired) electrons. The number of benzene rings is 1. The van der Waals surface area contributed by atoms with Gasteiger partial charge < -0.3 is 4.57 Å². The standard InChI is InChI=1S/C19H25N3OS/c1-13(2)22-15(4)10-17(16(22)5)11-20-21-19(23)12-24-18-8-6-14(3)7-9-18/h6-11,13H,12H2,1-5H3,(H,21,23)/b20-11-. The highest BCUT2D eigenvalue weighted by molar-refractivity contribution is 8.00. The summed E-state index contributed by atoms with van der Waals surface area (Å²) in [5.41, 5.74) is 7.21. The van der Waals surface area contributed by atoms with Crippen molar-refractivity contribution in [3.63, 3.8) is 0 Å². The van der Waals surface area contributed by atoms with Gasteiger partial charge in [0.25, 0.3) is 0 Å². The number of nitrogens with one attached hydrogen (secondary N) is 1. The molecule has 0 aliphatic carbocycles. The molecule has 0 bridgehead atoms. The number of rotatable bonds is 6. The molecule has 0 aliphatic rings. The van der Waals surface area contributed by atoms with Crippen LogP contribution in [0.4, 0.5) is 0 Å². The van der Waals surface area contributed by atoms with Crippen molar-refractivity contribution < 1.29 is 4.79 Å². The number of nitrogens with zero attached hydrogens (tertiary/aromatic N) is 2. The van der Waals surface area contributed by atoms with E-state index in [1.165, 1.54) is 23.0 Å². The third-order valence-corrected chi connectivity index (χ3v) is 4.84. The lowest BCUT2D eigenvalue weighted by Crippen LogP contribution is -2.19. The van der Waals surface area contributed by atoms with E-state index >= 15 is 0 Å². The molecule has 1 aromatic heterocycles. The quantitative estimate of drug-likeness (QED) is 0.484. The molecule has 2 aromatic rings. The van der Waals surface area contributed by atoms with E-state index in [4.69, 9.17) is 0 Å². The highest BCUT2D eigenvalue weighted by atomic mass is 32.2. The van der Waals surface area contributed by atoms with Gasteiger partial charge in [0.1, 0.15) is 0 Å². The fourth-order valence-corrected chi connectivity index (χ4v) is 3.41. The summed E-state index contributed by atoms with van der Waals surface area (Å²) in [6, 6.07) is 10.6. The van der Waals surface area contributed by atoms with Crippen LogP contribution in [0.1, 0.15) is 42.4 Å². The Labute approximate surface area is 148 Å². The van der Waals surface area contributed by atoms with Crippen molar-refractivity contribution in [3.05, 3.63) is 52.8 Å². The number of aryl methyl sites for hydroxylation is 2. The van der Waals surface area contributed by atoms with E-state index in [0.717, 1.165) is 16.2 Å². The van der Waals surface area contributed by atoms with Crippen LogP contribution in [0.2, 0.25) is 0 Å². The first kappa shape index (κ1) is 18.3. The second-order valence-electron chi connectivity index (χ2n) is 6.19. The number of hydrazone groups is 1. The summed E-state index contributed by atoms with van der Waals surface area (Å²) in [6.45, 7) is 10.5. The van der Waals surface area contributed by atoms with E-state index in [1.54, 1.807) is 6.21 Å². The molecule has 5 heteroatoms. The molecule has 4 nitrogen and oxygen atoms in total. The van der Waals surface area contributed by atoms with Crippen molar-refractivity contribution in [3.8, 4) is 0 Å². The smallest absolute Gasteiger partial charge is 0.250 e. The Morgan fingerprint density at radius 2 is 1.92 bits per heavy atom. The van der Waals surface area contributed by atoms with Gasteiger partial charge in [-0.15, -0.1) is 11.8 Å². The summed E-state index contributed by atoms with van der Waals surface area (Å²) in [5, 5.41) is 4.09. The van der Waals surface area contributed by atoms with Crippen LogP contribution < -0.4 is 5.43 Å². The third kappa shape index (κ3) is 4.74. The highest BCUT2D eigenvalue weighted by Gasteiger charge is 2.09. The summed E-state index contributed by atoms with van der Waals surface area (Å²) in [6.07, 6.45) is 1.72. The maximum atomic E-state index is 11.9. The number of carbonyl (C=O) groups is 1.